The van der Waals surface area contributed by atoms with Crippen molar-refractivity contribution in [2.75, 3.05) is 26.2 Å². The highest BCUT2D eigenvalue weighted by molar-refractivity contribution is 5.80. The van der Waals surface area contributed by atoms with Gasteiger partial charge in [0, 0.05) is 37.7 Å². The highest BCUT2D eigenvalue weighted by Gasteiger charge is 2.39. The summed E-state index contributed by atoms with van der Waals surface area (Å²) in [5.74, 6) is 0.290. The van der Waals surface area contributed by atoms with Gasteiger partial charge in [0.05, 0.1) is 23.9 Å². The Balaban J connectivity index is 1.26. The number of nitrogens with one attached hydrogen (secondary N) is 2. The van der Waals surface area contributed by atoms with Crippen LogP contribution in [0, 0.1) is 5.92 Å². The lowest BCUT2D eigenvalue weighted by molar-refractivity contribution is -0.141. The Labute approximate surface area is 186 Å². The fourth-order valence-electron chi connectivity index (χ4n) is 5.14. The standard InChI is InChI=1S/C24H29N5O3/c30-22(18-6-10-25-14-20(18)17-4-2-1-3-5-17)28-12-8-24(32,9-13-28)15-29-16-27-21-19(23(29)31)7-11-26-21/h1-5,7,11,16,18,20,25-26,32H,6,8-10,12-15H2/t18-,20+/m0/s1. The van der Waals surface area contributed by atoms with E-state index in [0.717, 1.165) is 19.5 Å². The lowest BCUT2D eigenvalue weighted by Crippen LogP contribution is -2.52. The molecule has 168 valence electrons. The number of hydrogen-bond donors (Lipinski definition) is 3. The number of amides is 1. The molecule has 4 heterocycles. The minimum absolute atomic E-state index is 0.0485. The van der Waals surface area contributed by atoms with E-state index in [1.807, 2.05) is 23.1 Å². The van der Waals surface area contributed by atoms with Crippen molar-refractivity contribution in [1.29, 1.82) is 0 Å². The van der Waals surface area contributed by atoms with Gasteiger partial charge in [0.2, 0.25) is 5.91 Å². The van der Waals surface area contributed by atoms with Gasteiger partial charge in [-0.3, -0.25) is 14.2 Å². The molecule has 2 aromatic heterocycles. The van der Waals surface area contributed by atoms with Crippen LogP contribution >= 0.6 is 0 Å². The van der Waals surface area contributed by atoms with Gasteiger partial charge in [-0.25, -0.2) is 4.98 Å². The van der Waals surface area contributed by atoms with Gasteiger partial charge in [0.1, 0.15) is 5.65 Å². The second-order valence-corrected chi connectivity index (χ2v) is 9.08. The van der Waals surface area contributed by atoms with Crippen LogP contribution in [0.1, 0.15) is 30.7 Å². The molecule has 2 saturated heterocycles. The molecular formula is C24H29N5O3. The zero-order valence-electron chi connectivity index (χ0n) is 18.0. The minimum atomic E-state index is -1.03. The Kier molecular flexibility index (Phi) is 5.57. The third kappa shape index (κ3) is 3.96. The highest BCUT2D eigenvalue weighted by atomic mass is 16.3. The predicted molar refractivity (Wildman–Crippen MR) is 121 cm³/mol. The average Bonchev–Trinajstić information content (AvgIpc) is 3.31. The highest BCUT2D eigenvalue weighted by Crippen LogP contribution is 2.33. The smallest absolute Gasteiger partial charge is 0.262 e. The van der Waals surface area contributed by atoms with E-state index in [0.29, 0.717) is 37.0 Å². The summed E-state index contributed by atoms with van der Waals surface area (Å²) in [5.41, 5.74) is 0.551. The van der Waals surface area contributed by atoms with Crippen LogP contribution in [-0.4, -0.2) is 62.2 Å². The molecule has 2 aliphatic rings. The van der Waals surface area contributed by atoms with Crippen molar-refractivity contribution < 1.29 is 9.90 Å². The largest absolute Gasteiger partial charge is 0.388 e. The van der Waals surface area contributed by atoms with Crippen LogP contribution in [0.3, 0.4) is 0 Å². The van der Waals surface area contributed by atoms with Gasteiger partial charge in [-0.15, -0.1) is 0 Å². The fourth-order valence-corrected chi connectivity index (χ4v) is 5.14. The van der Waals surface area contributed by atoms with Gasteiger partial charge < -0.3 is 20.3 Å². The molecule has 8 nitrogen and oxygen atoms in total. The Hall–Kier alpha value is -2.97. The zero-order valence-corrected chi connectivity index (χ0v) is 18.0. The van der Waals surface area contributed by atoms with Crippen LogP contribution in [0.5, 0.6) is 0 Å². The number of rotatable bonds is 4. The first-order valence-electron chi connectivity index (χ1n) is 11.3. The van der Waals surface area contributed by atoms with Crippen LogP contribution in [-0.2, 0) is 11.3 Å². The van der Waals surface area contributed by atoms with Crippen LogP contribution in [0.25, 0.3) is 11.0 Å². The molecular weight excluding hydrogens is 406 g/mol. The Morgan fingerprint density at radius 1 is 1.19 bits per heavy atom. The van der Waals surface area contributed by atoms with E-state index in [9.17, 15) is 14.7 Å². The summed E-state index contributed by atoms with van der Waals surface area (Å²) in [5, 5.41) is 15.1. The number of aliphatic hydroxyl groups is 1. The maximum absolute atomic E-state index is 13.4. The van der Waals surface area contributed by atoms with E-state index in [4.69, 9.17) is 0 Å². The van der Waals surface area contributed by atoms with Crippen LogP contribution < -0.4 is 10.9 Å². The number of likely N-dealkylation sites (tertiary alicyclic amines) is 1. The van der Waals surface area contributed by atoms with Crippen molar-refractivity contribution in [2.24, 2.45) is 5.92 Å². The monoisotopic (exact) mass is 435 g/mol. The topological polar surface area (TPSA) is 103 Å². The second kappa shape index (κ2) is 8.52. The lowest BCUT2D eigenvalue weighted by Gasteiger charge is -2.41. The second-order valence-electron chi connectivity index (χ2n) is 9.08. The number of H-pyrrole nitrogens is 1. The lowest BCUT2D eigenvalue weighted by atomic mass is 9.80. The molecule has 0 aliphatic carbocycles. The van der Waals surface area contributed by atoms with Crippen molar-refractivity contribution in [3.8, 4) is 0 Å². The molecule has 1 aromatic carbocycles. The molecule has 0 unspecified atom stereocenters. The minimum Gasteiger partial charge on any atom is -0.388 e. The molecule has 2 atom stereocenters. The molecule has 3 N–H and O–H groups in total. The van der Waals surface area contributed by atoms with Crippen molar-refractivity contribution in [1.82, 2.24) is 24.8 Å². The molecule has 32 heavy (non-hydrogen) atoms. The summed E-state index contributed by atoms with van der Waals surface area (Å²) < 4.78 is 1.48. The molecule has 1 amide bonds. The first-order valence-corrected chi connectivity index (χ1v) is 11.3. The first-order chi connectivity index (χ1) is 15.5. The molecule has 0 radical (unpaired) electrons. The van der Waals surface area contributed by atoms with Crippen LogP contribution in [0.15, 0.2) is 53.7 Å². The van der Waals surface area contributed by atoms with E-state index in [2.05, 4.69) is 27.4 Å². The Bertz CT molecular complexity index is 1150. The van der Waals surface area contributed by atoms with E-state index in [-0.39, 0.29) is 29.8 Å². The van der Waals surface area contributed by atoms with Gasteiger partial charge in [-0.05, 0) is 37.4 Å². The normalized spacial score (nSPS) is 23.3. The Morgan fingerprint density at radius 2 is 1.97 bits per heavy atom. The fraction of sp³-hybridized carbons (Fsp3) is 0.458. The molecule has 0 saturated carbocycles. The van der Waals surface area contributed by atoms with Gasteiger partial charge in [-0.1, -0.05) is 30.3 Å². The molecule has 0 bridgehead atoms. The summed E-state index contributed by atoms with van der Waals surface area (Å²) in [4.78, 5) is 35.2. The molecule has 2 fully saturated rings. The maximum atomic E-state index is 13.4. The van der Waals surface area contributed by atoms with Gasteiger partial charge in [0.15, 0.2) is 0 Å². The van der Waals surface area contributed by atoms with Crippen LogP contribution in [0.4, 0.5) is 0 Å². The maximum Gasteiger partial charge on any atom is 0.262 e. The molecule has 8 heteroatoms. The van der Waals surface area contributed by atoms with Crippen molar-refractivity contribution in [3.63, 3.8) is 0 Å². The molecule has 5 rings (SSSR count). The number of piperidine rings is 2. The molecule has 3 aromatic rings. The number of fused-ring (bicyclic) bond motifs is 1. The number of carbonyl (C=O) groups is 1. The average molecular weight is 436 g/mol. The number of benzene rings is 1. The molecule has 2 aliphatic heterocycles. The van der Waals surface area contributed by atoms with E-state index < -0.39 is 5.60 Å². The number of nitrogens with zero attached hydrogens (tertiary/aromatic N) is 3. The summed E-state index contributed by atoms with van der Waals surface area (Å²) in [6.45, 7) is 2.82. The van der Waals surface area contributed by atoms with E-state index in [1.54, 1.807) is 12.3 Å². The van der Waals surface area contributed by atoms with Crippen LogP contribution in [0.2, 0.25) is 0 Å². The van der Waals surface area contributed by atoms with Gasteiger partial charge in [-0.2, -0.15) is 0 Å². The number of aromatic amines is 1. The number of carbonyl (C=O) groups excluding carboxylic acids is 1. The predicted octanol–water partition coefficient (Wildman–Crippen LogP) is 1.47. The summed E-state index contributed by atoms with van der Waals surface area (Å²) >= 11 is 0. The van der Waals surface area contributed by atoms with Gasteiger partial charge in [0.25, 0.3) is 5.56 Å². The summed E-state index contributed by atoms with van der Waals surface area (Å²) in [6.07, 6.45) is 4.87. The first kappa shape index (κ1) is 20.9. The zero-order chi connectivity index (χ0) is 22.1. The van der Waals surface area contributed by atoms with Gasteiger partial charge >= 0.3 is 0 Å². The third-order valence-corrected chi connectivity index (χ3v) is 7.04. The van der Waals surface area contributed by atoms with Crippen molar-refractivity contribution in [3.05, 3.63) is 64.8 Å². The number of hydrogen-bond acceptors (Lipinski definition) is 5. The van der Waals surface area contributed by atoms with Crippen molar-refractivity contribution in [2.45, 2.75) is 37.3 Å². The third-order valence-electron chi connectivity index (χ3n) is 7.04. The van der Waals surface area contributed by atoms with E-state index in [1.165, 1.54) is 16.5 Å². The summed E-state index contributed by atoms with van der Waals surface area (Å²) in [6, 6.07) is 11.9. The van der Waals surface area contributed by atoms with E-state index >= 15 is 0 Å². The quantitative estimate of drug-likeness (QED) is 0.576. The number of aromatic nitrogens is 3. The SMILES string of the molecule is O=C([C@H]1CCNC[C@@H]1c1ccccc1)N1CCC(O)(Cn2cnc3[nH]ccc3c2=O)CC1. The molecule has 0 spiro atoms. The summed E-state index contributed by atoms with van der Waals surface area (Å²) in [7, 11) is 0. The Morgan fingerprint density at radius 3 is 2.75 bits per heavy atom. The van der Waals surface area contributed by atoms with Crippen molar-refractivity contribution >= 4 is 16.9 Å².